The summed E-state index contributed by atoms with van der Waals surface area (Å²) in [5.74, 6) is -0.812. The van der Waals surface area contributed by atoms with E-state index >= 15 is 0 Å². The molecule has 18 heavy (non-hydrogen) atoms. The molecule has 0 radical (unpaired) electrons. The Morgan fingerprint density at radius 3 is 2.67 bits per heavy atom. The van der Waals surface area contributed by atoms with E-state index in [1.807, 2.05) is 6.92 Å². The fraction of sp³-hybridized carbons (Fsp3) is 0.500. The minimum absolute atomic E-state index is 0.000605. The molecule has 4 heteroatoms. The minimum atomic E-state index is -0.705. The molecule has 0 spiro atoms. The number of halogens is 1. The lowest BCUT2D eigenvalue weighted by Gasteiger charge is -2.17. The number of hydrogen-bond donors (Lipinski definition) is 2. The van der Waals surface area contributed by atoms with Gasteiger partial charge in [0.15, 0.2) is 0 Å². The molecule has 1 aromatic carbocycles. The van der Waals surface area contributed by atoms with Gasteiger partial charge < -0.3 is 10.4 Å². The molecule has 0 bridgehead atoms. The summed E-state index contributed by atoms with van der Waals surface area (Å²) in [6, 6.07) is 3.53. The van der Waals surface area contributed by atoms with Gasteiger partial charge in [0, 0.05) is 12.1 Å². The van der Waals surface area contributed by atoms with Gasteiger partial charge in [0.1, 0.15) is 11.6 Å². The first kappa shape index (κ1) is 14.5. The summed E-state index contributed by atoms with van der Waals surface area (Å²) in [4.78, 5) is 11.8. The lowest BCUT2D eigenvalue weighted by Crippen LogP contribution is -2.34. The standard InChI is InChI=1S/C14H20FNO2/c1-4-9(2)7-10(3)16-14(18)12-6-5-11(17)8-13(12)15/h5-6,8-10,17H,4,7H2,1-3H3,(H,16,18). The van der Waals surface area contributed by atoms with Gasteiger partial charge in [-0.3, -0.25) is 4.79 Å². The van der Waals surface area contributed by atoms with E-state index in [0.29, 0.717) is 5.92 Å². The molecule has 0 heterocycles. The number of aromatic hydroxyl groups is 1. The highest BCUT2D eigenvalue weighted by Gasteiger charge is 2.15. The number of hydrogen-bond acceptors (Lipinski definition) is 2. The number of rotatable bonds is 5. The number of carbonyl (C=O) groups is 1. The molecule has 1 aromatic rings. The molecule has 0 fully saturated rings. The van der Waals surface area contributed by atoms with Crippen molar-refractivity contribution in [1.82, 2.24) is 5.32 Å². The first-order valence-electron chi connectivity index (χ1n) is 6.23. The Labute approximate surface area is 107 Å². The van der Waals surface area contributed by atoms with Crippen LogP contribution in [0, 0.1) is 11.7 Å². The largest absolute Gasteiger partial charge is 0.508 e. The zero-order valence-corrected chi connectivity index (χ0v) is 11.0. The van der Waals surface area contributed by atoms with Crippen molar-refractivity contribution < 1.29 is 14.3 Å². The van der Waals surface area contributed by atoms with Crippen LogP contribution in [0.1, 0.15) is 44.0 Å². The second-order valence-electron chi connectivity index (χ2n) is 4.79. The van der Waals surface area contributed by atoms with Crippen LogP contribution < -0.4 is 5.32 Å². The Morgan fingerprint density at radius 2 is 2.11 bits per heavy atom. The van der Waals surface area contributed by atoms with Gasteiger partial charge in [-0.1, -0.05) is 20.3 Å². The second kappa shape index (κ2) is 6.38. The predicted octanol–water partition coefficient (Wildman–Crippen LogP) is 3.09. The monoisotopic (exact) mass is 253 g/mol. The Morgan fingerprint density at radius 1 is 1.44 bits per heavy atom. The second-order valence-corrected chi connectivity index (χ2v) is 4.79. The van der Waals surface area contributed by atoms with Crippen LogP contribution in [0.15, 0.2) is 18.2 Å². The Kier molecular flexibility index (Phi) is 5.13. The third-order valence-corrected chi connectivity index (χ3v) is 3.03. The summed E-state index contributed by atoms with van der Waals surface area (Å²) in [5, 5.41) is 11.8. The lowest BCUT2D eigenvalue weighted by molar-refractivity contribution is 0.0931. The third kappa shape index (κ3) is 4.02. The van der Waals surface area contributed by atoms with Gasteiger partial charge in [-0.05, 0) is 31.4 Å². The molecule has 100 valence electrons. The molecule has 0 aliphatic carbocycles. The van der Waals surface area contributed by atoms with Crippen molar-refractivity contribution in [3.8, 4) is 5.75 Å². The topological polar surface area (TPSA) is 49.3 Å². The van der Waals surface area contributed by atoms with Crippen LogP contribution in [0.4, 0.5) is 4.39 Å². The van der Waals surface area contributed by atoms with E-state index in [4.69, 9.17) is 5.11 Å². The van der Waals surface area contributed by atoms with Crippen LogP contribution in [0.3, 0.4) is 0 Å². The van der Waals surface area contributed by atoms with Crippen LogP contribution in [-0.2, 0) is 0 Å². The fourth-order valence-corrected chi connectivity index (χ4v) is 1.82. The van der Waals surface area contributed by atoms with E-state index in [-0.39, 0.29) is 17.4 Å². The van der Waals surface area contributed by atoms with Crippen molar-refractivity contribution in [2.45, 2.75) is 39.7 Å². The Balaban J connectivity index is 2.65. The van der Waals surface area contributed by atoms with Gasteiger partial charge in [-0.15, -0.1) is 0 Å². The van der Waals surface area contributed by atoms with Crippen LogP contribution in [0.5, 0.6) is 5.75 Å². The quantitative estimate of drug-likeness (QED) is 0.847. The summed E-state index contributed by atoms with van der Waals surface area (Å²) in [7, 11) is 0. The molecule has 2 N–H and O–H groups in total. The van der Waals surface area contributed by atoms with Gasteiger partial charge in [0.2, 0.25) is 0 Å². The van der Waals surface area contributed by atoms with Crippen LogP contribution >= 0.6 is 0 Å². The van der Waals surface area contributed by atoms with E-state index in [9.17, 15) is 9.18 Å². The van der Waals surface area contributed by atoms with E-state index in [0.717, 1.165) is 18.9 Å². The summed E-state index contributed by atoms with van der Waals surface area (Å²) in [5.41, 5.74) is -0.0381. The van der Waals surface area contributed by atoms with Gasteiger partial charge in [0.25, 0.3) is 5.91 Å². The third-order valence-electron chi connectivity index (χ3n) is 3.03. The van der Waals surface area contributed by atoms with Gasteiger partial charge in [-0.25, -0.2) is 4.39 Å². The van der Waals surface area contributed by atoms with E-state index in [1.165, 1.54) is 12.1 Å². The number of phenols is 1. The highest BCUT2D eigenvalue weighted by atomic mass is 19.1. The van der Waals surface area contributed by atoms with Crippen LogP contribution in [0.25, 0.3) is 0 Å². The molecule has 2 unspecified atom stereocenters. The fourth-order valence-electron chi connectivity index (χ4n) is 1.82. The number of carbonyl (C=O) groups excluding carboxylic acids is 1. The SMILES string of the molecule is CCC(C)CC(C)NC(=O)c1ccc(O)cc1F. The number of amides is 1. The van der Waals surface area contributed by atoms with Crippen molar-refractivity contribution in [3.05, 3.63) is 29.6 Å². The Bertz CT molecular complexity index is 420. The Hall–Kier alpha value is -1.58. The first-order valence-corrected chi connectivity index (χ1v) is 6.23. The normalized spacial score (nSPS) is 14.0. The van der Waals surface area contributed by atoms with Crippen molar-refractivity contribution in [3.63, 3.8) is 0 Å². The summed E-state index contributed by atoms with van der Waals surface area (Å²) in [6.07, 6.45) is 1.91. The average molecular weight is 253 g/mol. The van der Waals surface area contributed by atoms with Crippen molar-refractivity contribution >= 4 is 5.91 Å². The number of benzene rings is 1. The van der Waals surface area contributed by atoms with Crippen LogP contribution in [-0.4, -0.2) is 17.1 Å². The van der Waals surface area contributed by atoms with E-state index in [1.54, 1.807) is 0 Å². The number of nitrogens with one attached hydrogen (secondary N) is 1. The zero-order valence-electron chi connectivity index (χ0n) is 11.0. The minimum Gasteiger partial charge on any atom is -0.508 e. The molecular formula is C14H20FNO2. The van der Waals surface area contributed by atoms with Gasteiger partial charge in [0.05, 0.1) is 5.56 Å². The van der Waals surface area contributed by atoms with E-state index < -0.39 is 11.7 Å². The molecule has 0 saturated heterocycles. The molecule has 0 aliphatic rings. The summed E-state index contributed by atoms with van der Waals surface area (Å²) in [6.45, 7) is 6.12. The maximum absolute atomic E-state index is 13.5. The lowest BCUT2D eigenvalue weighted by atomic mass is 10.00. The van der Waals surface area contributed by atoms with E-state index in [2.05, 4.69) is 19.2 Å². The molecule has 0 aromatic heterocycles. The molecular weight excluding hydrogens is 233 g/mol. The highest BCUT2D eigenvalue weighted by molar-refractivity contribution is 5.94. The van der Waals surface area contributed by atoms with Crippen molar-refractivity contribution in [2.24, 2.45) is 5.92 Å². The number of phenolic OH excluding ortho intramolecular Hbond substituents is 1. The zero-order chi connectivity index (χ0) is 13.7. The van der Waals surface area contributed by atoms with Crippen molar-refractivity contribution in [1.29, 1.82) is 0 Å². The summed E-state index contributed by atoms with van der Waals surface area (Å²) < 4.78 is 13.5. The molecule has 1 rings (SSSR count). The molecule has 3 nitrogen and oxygen atoms in total. The summed E-state index contributed by atoms with van der Waals surface area (Å²) >= 11 is 0. The first-order chi connectivity index (χ1) is 8.43. The van der Waals surface area contributed by atoms with Gasteiger partial charge in [-0.2, -0.15) is 0 Å². The van der Waals surface area contributed by atoms with Gasteiger partial charge >= 0.3 is 0 Å². The predicted molar refractivity (Wildman–Crippen MR) is 69.1 cm³/mol. The smallest absolute Gasteiger partial charge is 0.254 e. The molecule has 1 amide bonds. The highest BCUT2D eigenvalue weighted by Crippen LogP contribution is 2.16. The molecule has 0 saturated carbocycles. The average Bonchev–Trinajstić information content (AvgIpc) is 2.28. The maximum atomic E-state index is 13.5. The van der Waals surface area contributed by atoms with Crippen molar-refractivity contribution in [2.75, 3.05) is 0 Å². The molecule has 2 atom stereocenters. The molecule has 0 aliphatic heterocycles. The maximum Gasteiger partial charge on any atom is 0.254 e. The van der Waals surface area contributed by atoms with Crippen LogP contribution in [0.2, 0.25) is 0 Å².